The second kappa shape index (κ2) is 6.70. The Morgan fingerprint density at radius 1 is 1.27 bits per heavy atom. The average Bonchev–Trinajstić information content (AvgIpc) is 2.46. The van der Waals surface area contributed by atoms with Crippen LogP contribution in [0.25, 0.3) is 0 Å². The normalized spacial score (nSPS) is 20.4. The fraction of sp³-hybridized carbons (Fsp3) is 0.917. The van der Waals surface area contributed by atoms with Crippen molar-refractivity contribution in [1.29, 1.82) is 0 Å². The lowest BCUT2D eigenvalue weighted by Gasteiger charge is -2.17. The van der Waals surface area contributed by atoms with Crippen molar-refractivity contribution in [3.63, 3.8) is 0 Å². The van der Waals surface area contributed by atoms with E-state index in [4.69, 9.17) is 9.47 Å². The molecule has 3 heteroatoms. The molecule has 0 N–H and O–H groups in total. The van der Waals surface area contributed by atoms with E-state index < -0.39 is 6.16 Å². The van der Waals surface area contributed by atoms with E-state index >= 15 is 0 Å². The molecule has 1 rings (SSSR count). The highest BCUT2D eigenvalue weighted by atomic mass is 16.7. The highest BCUT2D eigenvalue weighted by Crippen LogP contribution is 2.20. The van der Waals surface area contributed by atoms with Crippen molar-refractivity contribution in [3.05, 3.63) is 0 Å². The minimum Gasteiger partial charge on any atom is -0.431 e. The van der Waals surface area contributed by atoms with Gasteiger partial charge in [0.1, 0.15) is 12.2 Å². The summed E-state index contributed by atoms with van der Waals surface area (Å²) >= 11 is 0. The van der Waals surface area contributed by atoms with Crippen molar-refractivity contribution in [2.45, 2.75) is 71.0 Å². The lowest BCUT2D eigenvalue weighted by molar-refractivity contribution is -0.00166. The maximum absolute atomic E-state index is 11.3. The van der Waals surface area contributed by atoms with Crippen LogP contribution in [0.2, 0.25) is 0 Å². The van der Waals surface area contributed by atoms with Crippen molar-refractivity contribution in [2.75, 3.05) is 0 Å². The van der Waals surface area contributed by atoms with Crippen LogP contribution >= 0.6 is 0 Å². The van der Waals surface area contributed by atoms with Crippen LogP contribution < -0.4 is 0 Å². The number of carbonyl (C=O) groups is 1. The van der Waals surface area contributed by atoms with Gasteiger partial charge in [0.05, 0.1) is 0 Å². The lowest BCUT2D eigenvalue weighted by Crippen LogP contribution is -2.21. The van der Waals surface area contributed by atoms with E-state index in [0.717, 1.165) is 19.3 Å². The van der Waals surface area contributed by atoms with Crippen LogP contribution in [-0.2, 0) is 9.47 Å². The van der Waals surface area contributed by atoms with E-state index in [1.807, 2.05) is 13.8 Å². The van der Waals surface area contributed by atoms with Gasteiger partial charge in [0.15, 0.2) is 0 Å². The molecule has 1 atom stereocenters. The van der Waals surface area contributed by atoms with Gasteiger partial charge in [-0.1, -0.05) is 19.8 Å². The maximum atomic E-state index is 11.3. The summed E-state index contributed by atoms with van der Waals surface area (Å²) in [7, 11) is 0. The number of carbonyl (C=O) groups excluding carboxylic acids is 1. The van der Waals surface area contributed by atoms with Gasteiger partial charge in [0.25, 0.3) is 0 Å². The quantitative estimate of drug-likeness (QED) is 0.531. The first kappa shape index (κ1) is 12.3. The molecule has 3 nitrogen and oxygen atoms in total. The molecule has 1 saturated carbocycles. The van der Waals surface area contributed by atoms with E-state index in [1.54, 1.807) is 0 Å². The molecule has 0 aromatic rings. The molecule has 1 aliphatic rings. The minimum absolute atomic E-state index is 0.0386. The molecule has 0 bridgehead atoms. The first-order valence-electron chi connectivity index (χ1n) is 6.09. The van der Waals surface area contributed by atoms with Gasteiger partial charge < -0.3 is 9.47 Å². The van der Waals surface area contributed by atoms with E-state index in [9.17, 15) is 4.79 Å². The van der Waals surface area contributed by atoms with Crippen LogP contribution in [0.4, 0.5) is 4.79 Å². The zero-order valence-corrected chi connectivity index (χ0v) is 9.83. The third kappa shape index (κ3) is 5.05. The molecule has 0 spiro atoms. The van der Waals surface area contributed by atoms with Crippen molar-refractivity contribution in [3.8, 4) is 0 Å². The maximum Gasteiger partial charge on any atom is 0.508 e. The highest BCUT2D eigenvalue weighted by molar-refractivity contribution is 5.60. The molecule has 0 radical (unpaired) electrons. The number of hydrogen-bond acceptors (Lipinski definition) is 3. The summed E-state index contributed by atoms with van der Waals surface area (Å²) in [5.41, 5.74) is 0. The summed E-state index contributed by atoms with van der Waals surface area (Å²) in [6, 6.07) is 0. The van der Waals surface area contributed by atoms with Gasteiger partial charge in [-0.3, -0.25) is 0 Å². The zero-order chi connectivity index (χ0) is 11.1. The van der Waals surface area contributed by atoms with Gasteiger partial charge in [-0.05, 0) is 39.0 Å². The molecule has 0 unspecified atom stereocenters. The van der Waals surface area contributed by atoms with E-state index in [2.05, 4.69) is 0 Å². The Kier molecular flexibility index (Phi) is 5.51. The minimum atomic E-state index is -0.490. The molecular formula is C12H22O3. The van der Waals surface area contributed by atoms with Crippen LogP contribution in [0.5, 0.6) is 0 Å². The molecule has 0 saturated heterocycles. The summed E-state index contributed by atoms with van der Waals surface area (Å²) in [4.78, 5) is 11.3. The predicted molar refractivity (Wildman–Crippen MR) is 58.8 cm³/mol. The van der Waals surface area contributed by atoms with Crippen LogP contribution in [0.3, 0.4) is 0 Å². The van der Waals surface area contributed by atoms with E-state index in [0.29, 0.717) is 0 Å². The van der Waals surface area contributed by atoms with Gasteiger partial charge >= 0.3 is 6.16 Å². The van der Waals surface area contributed by atoms with Crippen molar-refractivity contribution in [1.82, 2.24) is 0 Å². The molecule has 88 valence electrons. The zero-order valence-electron chi connectivity index (χ0n) is 9.83. The van der Waals surface area contributed by atoms with Crippen molar-refractivity contribution < 1.29 is 14.3 Å². The fourth-order valence-corrected chi connectivity index (χ4v) is 1.77. The molecule has 1 fully saturated rings. The van der Waals surface area contributed by atoms with Crippen molar-refractivity contribution in [2.24, 2.45) is 0 Å². The Hall–Kier alpha value is -0.730. The molecular weight excluding hydrogens is 192 g/mol. The Morgan fingerprint density at radius 3 is 2.40 bits per heavy atom. The second-order valence-electron chi connectivity index (χ2n) is 4.32. The third-order valence-electron chi connectivity index (χ3n) is 2.94. The lowest BCUT2D eigenvalue weighted by atomic mass is 10.2. The van der Waals surface area contributed by atoms with Gasteiger partial charge in [-0.25, -0.2) is 4.79 Å². The van der Waals surface area contributed by atoms with E-state index in [1.165, 1.54) is 25.7 Å². The number of rotatable bonds is 3. The second-order valence-corrected chi connectivity index (χ2v) is 4.32. The summed E-state index contributed by atoms with van der Waals surface area (Å²) in [5, 5.41) is 0. The molecule has 0 aromatic heterocycles. The first-order chi connectivity index (χ1) is 7.22. The number of ether oxygens (including phenoxy) is 2. The Labute approximate surface area is 92.1 Å². The first-order valence-corrected chi connectivity index (χ1v) is 6.09. The van der Waals surface area contributed by atoms with Gasteiger partial charge in [0, 0.05) is 0 Å². The Balaban J connectivity index is 2.23. The molecule has 1 aliphatic carbocycles. The largest absolute Gasteiger partial charge is 0.508 e. The van der Waals surface area contributed by atoms with E-state index in [-0.39, 0.29) is 12.2 Å². The smallest absolute Gasteiger partial charge is 0.431 e. The average molecular weight is 214 g/mol. The fourth-order valence-electron chi connectivity index (χ4n) is 1.77. The Morgan fingerprint density at radius 2 is 1.87 bits per heavy atom. The number of hydrogen-bond donors (Lipinski definition) is 0. The van der Waals surface area contributed by atoms with Gasteiger partial charge in [-0.2, -0.15) is 0 Å². The van der Waals surface area contributed by atoms with Crippen LogP contribution in [0.1, 0.15) is 58.8 Å². The molecule has 0 aliphatic heterocycles. The summed E-state index contributed by atoms with van der Waals surface area (Å²) in [6.45, 7) is 3.87. The van der Waals surface area contributed by atoms with Crippen LogP contribution in [0, 0.1) is 0 Å². The van der Waals surface area contributed by atoms with Crippen LogP contribution in [0.15, 0.2) is 0 Å². The van der Waals surface area contributed by atoms with Crippen LogP contribution in [-0.4, -0.2) is 18.4 Å². The monoisotopic (exact) mass is 214 g/mol. The standard InChI is InChI=1S/C12H22O3/c1-3-10(2)14-12(13)15-11-8-6-4-5-7-9-11/h10-11H,3-9H2,1-2H3/t10-/m0/s1. The van der Waals surface area contributed by atoms with Crippen molar-refractivity contribution >= 4 is 6.16 Å². The summed E-state index contributed by atoms with van der Waals surface area (Å²) in [6.07, 6.45) is 7.25. The SMILES string of the molecule is CC[C@H](C)OC(=O)OC1CCCCCC1. The molecule has 0 aromatic carbocycles. The predicted octanol–water partition coefficient (Wildman–Crippen LogP) is 3.66. The molecule has 15 heavy (non-hydrogen) atoms. The third-order valence-corrected chi connectivity index (χ3v) is 2.94. The topological polar surface area (TPSA) is 35.5 Å². The Bertz CT molecular complexity index is 183. The summed E-state index contributed by atoms with van der Waals surface area (Å²) in [5.74, 6) is 0. The summed E-state index contributed by atoms with van der Waals surface area (Å²) < 4.78 is 10.4. The highest BCUT2D eigenvalue weighted by Gasteiger charge is 2.18. The van der Waals surface area contributed by atoms with Gasteiger partial charge in [-0.15, -0.1) is 0 Å². The molecule has 0 heterocycles. The van der Waals surface area contributed by atoms with Gasteiger partial charge in [0.2, 0.25) is 0 Å². The molecule has 0 amide bonds.